The lowest BCUT2D eigenvalue weighted by Crippen LogP contribution is -2.01. The number of hydrogen-bond donors (Lipinski definition) is 0. The number of hydrogen-bond acceptors (Lipinski definition) is 4. The molecule has 0 N–H and O–H groups in total. The van der Waals surface area contributed by atoms with Gasteiger partial charge < -0.3 is 4.42 Å². The number of fused-ring (bicyclic) bond motifs is 1. The van der Waals surface area contributed by atoms with E-state index in [1.54, 1.807) is 41.2 Å². The number of ketones is 1. The summed E-state index contributed by atoms with van der Waals surface area (Å²) in [7, 11) is 0. The lowest BCUT2D eigenvalue weighted by molar-refractivity contribution is 0.104. The summed E-state index contributed by atoms with van der Waals surface area (Å²) in [5, 5.41) is 15.4. The molecule has 5 nitrogen and oxygen atoms in total. The molecule has 5 aromatic rings. The molecule has 3 aromatic carbocycles. The van der Waals surface area contributed by atoms with Crippen LogP contribution in [0.25, 0.3) is 34.2 Å². The summed E-state index contributed by atoms with van der Waals surface area (Å²) in [6.07, 6.45) is 3.37. The molecule has 0 aliphatic rings. The summed E-state index contributed by atoms with van der Waals surface area (Å²) in [6, 6.07) is 30.1. The van der Waals surface area contributed by atoms with Crippen LogP contribution >= 0.6 is 0 Å². The zero-order chi connectivity index (χ0) is 21.9. The third kappa shape index (κ3) is 3.62. The van der Waals surface area contributed by atoms with Crippen LogP contribution in [-0.2, 0) is 0 Å². The van der Waals surface area contributed by atoms with Gasteiger partial charge in [-0.1, -0.05) is 66.7 Å². The molecule has 5 rings (SSSR count). The zero-order valence-corrected chi connectivity index (χ0v) is 17.0. The van der Waals surface area contributed by atoms with Gasteiger partial charge >= 0.3 is 0 Å². The number of aromatic nitrogens is 2. The van der Waals surface area contributed by atoms with Gasteiger partial charge in [0.2, 0.25) is 5.78 Å². The molecule has 0 atom stereocenters. The molecule has 0 bridgehead atoms. The normalized spacial score (nSPS) is 11.4. The lowest BCUT2D eigenvalue weighted by atomic mass is 10.0. The Balaban J connectivity index is 1.66. The fourth-order valence-electron chi connectivity index (χ4n) is 3.55. The predicted molar refractivity (Wildman–Crippen MR) is 123 cm³/mol. The largest absolute Gasteiger partial charge is 0.454 e. The topological polar surface area (TPSA) is 71.8 Å². The predicted octanol–water partition coefficient (Wildman–Crippen LogP) is 6.08. The van der Waals surface area contributed by atoms with E-state index < -0.39 is 0 Å². The fourth-order valence-corrected chi connectivity index (χ4v) is 3.55. The van der Waals surface area contributed by atoms with E-state index in [0.717, 1.165) is 16.7 Å². The maximum atomic E-state index is 12.9. The van der Waals surface area contributed by atoms with E-state index in [1.165, 1.54) is 0 Å². The number of Topliss-reactive ketones (excluding diaryl/α,β-unsaturated/α-hetero) is 1. The Bertz CT molecular complexity index is 1450. The van der Waals surface area contributed by atoms with E-state index in [4.69, 9.17) is 9.52 Å². The minimum Gasteiger partial charge on any atom is -0.454 e. The molecule has 0 saturated heterocycles. The van der Waals surface area contributed by atoms with Gasteiger partial charge in [0.1, 0.15) is 22.9 Å². The molecule has 2 heterocycles. The molecule has 0 fully saturated rings. The van der Waals surface area contributed by atoms with Crippen molar-refractivity contribution >= 4 is 22.8 Å². The maximum Gasteiger partial charge on any atom is 0.203 e. The van der Waals surface area contributed by atoms with Crippen molar-refractivity contribution < 1.29 is 9.21 Å². The van der Waals surface area contributed by atoms with Crippen LogP contribution in [0.1, 0.15) is 15.9 Å². The average molecular weight is 415 g/mol. The number of allylic oxidation sites excluding steroid dienone is 1. The number of nitrogens with zero attached hydrogens (tertiary/aromatic N) is 3. The first-order chi connectivity index (χ1) is 15.7. The van der Waals surface area contributed by atoms with E-state index in [2.05, 4.69) is 0 Å². The minimum atomic E-state index is -0.337. The summed E-state index contributed by atoms with van der Waals surface area (Å²) in [5.74, 6) is 0.229. The molecule has 0 radical (unpaired) electrons. The number of nitriles is 1. The van der Waals surface area contributed by atoms with Crippen LogP contribution in [0.15, 0.2) is 107 Å². The van der Waals surface area contributed by atoms with Gasteiger partial charge in [-0.25, -0.2) is 4.68 Å². The van der Waals surface area contributed by atoms with Crippen molar-refractivity contribution in [1.82, 2.24) is 9.78 Å². The Kier molecular flexibility index (Phi) is 4.95. The van der Waals surface area contributed by atoms with Gasteiger partial charge in [0.05, 0.1) is 5.69 Å². The van der Waals surface area contributed by atoms with Gasteiger partial charge in [0.15, 0.2) is 5.76 Å². The van der Waals surface area contributed by atoms with Gasteiger partial charge in [-0.2, -0.15) is 10.4 Å². The van der Waals surface area contributed by atoms with Crippen molar-refractivity contribution in [1.29, 1.82) is 5.26 Å². The van der Waals surface area contributed by atoms with Gasteiger partial charge in [-0.3, -0.25) is 4.79 Å². The van der Waals surface area contributed by atoms with Crippen LogP contribution in [0.5, 0.6) is 0 Å². The molecule has 5 heteroatoms. The molecule has 0 saturated carbocycles. The number of carbonyl (C=O) groups is 1. The molecule has 0 aliphatic heterocycles. The van der Waals surface area contributed by atoms with E-state index in [9.17, 15) is 10.1 Å². The van der Waals surface area contributed by atoms with Gasteiger partial charge in [-0.15, -0.1) is 0 Å². The maximum absolute atomic E-state index is 12.9. The molecule has 152 valence electrons. The van der Waals surface area contributed by atoms with Crippen molar-refractivity contribution in [2.24, 2.45) is 0 Å². The summed E-state index contributed by atoms with van der Waals surface area (Å²) in [5.41, 5.74) is 3.26. The van der Waals surface area contributed by atoms with Crippen LogP contribution in [-0.4, -0.2) is 15.6 Å². The number of furan rings is 1. The number of para-hydroxylation sites is 2. The van der Waals surface area contributed by atoms with Crippen LogP contribution in [0.4, 0.5) is 0 Å². The standard InChI is InChI=1S/C27H17N3O2/c28-17-21(27(31)19-9-3-1-4-10-19)15-22-18-30(23-12-5-2-6-13-23)29-26(22)25-16-20-11-7-8-14-24(20)32-25/h1-16,18H/b21-15+. The van der Waals surface area contributed by atoms with Gasteiger partial charge in [0.25, 0.3) is 0 Å². The smallest absolute Gasteiger partial charge is 0.203 e. The van der Waals surface area contributed by atoms with Crippen LogP contribution in [0.3, 0.4) is 0 Å². The summed E-state index contributed by atoms with van der Waals surface area (Å²) >= 11 is 0. The van der Waals surface area contributed by atoms with Crippen molar-refractivity contribution in [3.8, 4) is 23.2 Å². The van der Waals surface area contributed by atoms with E-state index in [0.29, 0.717) is 22.6 Å². The fraction of sp³-hybridized carbons (Fsp3) is 0. The molecule has 2 aromatic heterocycles. The van der Waals surface area contributed by atoms with Gasteiger partial charge in [-0.05, 0) is 30.3 Å². The number of rotatable bonds is 5. The molecule has 0 aliphatic carbocycles. The Labute approximate surface area is 184 Å². The van der Waals surface area contributed by atoms with E-state index in [-0.39, 0.29) is 11.4 Å². The third-order valence-corrected chi connectivity index (χ3v) is 5.12. The monoisotopic (exact) mass is 415 g/mol. The third-order valence-electron chi connectivity index (χ3n) is 5.12. The van der Waals surface area contributed by atoms with Crippen LogP contribution in [0, 0.1) is 11.3 Å². The van der Waals surface area contributed by atoms with Gasteiger partial charge in [0, 0.05) is 22.7 Å². The molecular formula is C27H17N3O2. The highest BCUT2D eigenvalue weighted by atomic mass is 16.3. The highest BCUT2D eigenvalue weighted by Gasteiger charge is 2.18. The molecular weight excluding hydrogens is 398 g/mol. The molecule has 32 heavy (non-hydrogen) atoms. The second kappa shape index (κ2) is 8.21. The quantitative estimate of drug-likeness (QED) is 0.198. The summed E-state index contributed by atoms with van der Waals surface area (Å²) in [4.78, 5) is 12.9. The average Bonchev–Trinajstić information content (AvgIpc) is 3.47. The molecule has 0 unspecified atom stereocenters. The highest BCUT2D eigenvalue weighted by Crippen LogP contribution is 2.31. The first-order valence-electron chi connectivity index (χ1n) is 10.1. The van der Waals surface area contributed by atoms with Crippen LogP contribution in [0.2, 0.25) is 0 Å². The van der Waals surface area contributed by atoms with Crippen molar-refractivity contribution in [3.05, 3.63) is 114 Å². The highest BCUT2D eigenvalue weighted by molar-refractivity contribution is 6.14. The Morgan fingerprint density at radius 3 is 2.34 bits per heavy atom. The zero-order valence-electron chi connectivity index (χ0n) is 17.0. The van der Waals surface area contributed by atoms with E-state index in [1.807, 2.05) is 72.8 Å². The molecule has 0 amide bonds. The minimum absolute atomic E-state index is 0.0289. The van der Waals surface area contributed by atoms with Crippen LogP contribution < -0.4 is 0 Å². The van der Waals surface area contributed by atoms with Crippen molar-refractivity contribution in [3.63, 3.8) is 0 Å². The SMILES string of the molecule is N#C/C(=C\c1cn(-c2ccccc2)nc1-c1cc2ccccc2o1)C(=O)c1ccccc1. The first kappa shape index (κ1) is 19.3. The Morgan fingerprint density at radius 2 is 1.62 bits per heavy atom. The first-order valence-corrected chi connectivity index (χ1v) is 10.1. The second-order valence-corrected chi connectivity index (χ2v) is 7.23. The van der Waals surface area contributed by atoms with E-state index >= 15 is 0 Å². The lowest BCUT2D eigenvalue weighted by Gasteiger charge is -1.99. The Morgan fingerprint density at radius 1 is 0.938 bits per heavy atom. The molecule has 0 spiro atoms. The second-order valence-electron chi connectivity index (χ2n) is 7.23. The van der Waals surface area contributed by atoms with Crippen molar-refractivity contribution in [2.45, 2.75) is 0 Å². The number of carbonyl (C=O) groups excluding carboxylic acids is 1. The summed E-state index contributed by atoms with van der Waals surface area (Å²) < 4.78 is 7.75. The Hall–Kier alpha value is -4.69. The van der Waals surface area contributed by atoms with Crippen molar-refractivity contribution in [2.75, 3.05) is 0 Å². The summed E-state index contributed by atoms with van der Waals surface area (Å²) in [6.45, 7) is 0. The number of benzene rings is 3.